The average molecular weight is 505 g/mol. The van der Waals surface area contributed by atoms with Gasteiger partial charge in [0.2, 0.25) is 11.9 Å². The van der Waals surface area contributed by atoms with Gasteiger partial charge in [0.15, 0.2) is 0 Å². The Balaban J connectivity index is 1.28. The Labute approximate surface area is 217 Å². The molecule has 1 fully saturated rings. The first-order chi connectivity index (χ1) is 18.0. The van der Waals surface area contributed by atoms with Gasteiger partial charge in [-0.2, -0.15) is 5.10 Å². The number of benzene rings is 1. The number of nitrogens with zero attached hydrogens (tertiary/aromatic N) is 5. The molecule has 37 heavy (non-hydrogen) atoms. The lowest BCUT2D eigenvalue weighted by atomic mass is 9.88. The molecule has 2 aromatic heterocycles. The Hall–Kier alpha value is -3.30. The SMILES string of the molecule is CC(C)OC1CN(C(=O)CC2CCCCc3cc(-c4ccnc(Nc5cnn(CCO)c5)n4)ccc32)C1. The Kier molecular flexibility index (Phi) is 7.81. The molecular formula is C28H36N6O3. The zero-order chi connectivity index (χ0) is 25.8. The molecule has 0 radical (unpaired) electrons. The van der Waals surface area contributed by atoms with Gasteiger partial charge in [0.25, 0.3) is 0 Å². The van der Waals surface area contributed by atoms with Crippen LogP contribution in [0.1, 0.15) is 56.6 Å². The van der Waals surface area contributed by atoms with Crippen LogP contribution in [0.4, 0.5) is 11.6 Å². The first-order valence-electron chi connectivity index (χ1n) is 13.3. The molecule has 2 N–H and O–H groups in total. The van der Waals surface area contributed by atoms with Crippen molar-refractivity contribution in [1.82, 2.24) is 24.6 Å². The predicted octanol–water partition coefficient (Wildman–Crippen LogP) is 3.91. The van der Waals surface area contributed by atoms with E-state index < -0.39 is 0 Å². The number of likely N-dealkylation sites (tertiary alicyclic amines) is 1. The Morgan fingerprint density at radius 2 is 2.11 bits per heavy atom. The fraction of sp³-hybridized carbons (Fsp3) is 0.500. The van der Waals surface area contributed by atoms with Gasteiger partial charge in [-0.3, -0.25) is 9.48 Å². The highest BCUT2D eigenvalue weighted by Gasteiger charge is 2.33. The van der Waals surface area contributed by atoms with Gasteiger partial charge < -0.3 is 20.1 Å². The second-order valence-corrected chi connectivity index (χ2v) is 10.3. The first-order valence-corrected chi connectivity index (χ1v) is 13.3. The van der Waals surface area contributed by atoms with Crippen LogP contribution < -0.4 is 5.32 Å². The highest BCUT2D eigenvalue weighted by atomic mass is 16.5. The number of hydrogen-bond donors (Lipinski definition) is 2. The lowest BCUT2D eigenvalue weighted by molar-refractivity contribution is -0.148. The summed E-state index contributed by atoms with van der Waals surface area (Å²) in [6.07, 6.45) is 10.5. The van der Waals surface area contributed by atoms with Gasteiger partial charge in [0.05, 0.1) is 42.9 Å². The average Bonchev–Trinajstić information content (AvgIpc) is 3.19. The minimum Gasteiger partial charge on any atom is -0.394 e. The van der Waals surface area contributed by atoms with Crippen molar-refractivity contribution in [3.05, 3.63) is 54.0 Å². The fourth-order valence-corrected chi connectivity index (χ4v) is 5.27. The van der Waals surface area contributed by atoms with E-state index in [2.05, 4.69) is 33.6 Å². The van der Waals surface area contributed by atoms with Crippen LogP contribution in [-0.4, -0.2) is 67.6 Å². The highest BCUT2D eigenvalue weighted by molar-refractivity contribution is 5.78. The summed E-state index contributed by atoms with van der Waals surface area (Å²) >= 11 is 0. The molecule has 9 heteroatoms. The molecule has 1 aromatic carbocycles. The molecular weight excluding hydrogens is 468 g/mol. The maximum absolute atomic E-state index is 13.0. The molecule has 3 aromatic rings. The Bertz CT molecular complexity index is 1220. The number of aliphatic hydroxyl groups is 1. The molecule has 1 atom stereocenters. The van der Waals surface area contributed by atoms with Gasteiger partial charge in [0.1, 0.15) is 0 Å². The van der Waals surface area contributed by atoms with Gasteiger partial charge in [-0.05, 0) is 62.3 Å². The van der Waals surface area contributed by atoms with E-state index in [-0.39, 0.29) is 30.6 Å². The van der Waals surface area contributed by atoms with Crippen molar-refractivity contribution in [2.24, 2.45) is 0 Å². The third-order valence-corrected chi connectivity index (χ3v) is 7.09. The lowest BCUT2D eigenvalue weighted by Crippen LogP contribution is -2.55. The van der Waals surface area contributed by atoms with Crippen molar-refractivity contribution in [2.45, 2.75) is 70.6 Å². The number of carbonyl (C=O) groups is 1. The Morgan fingerprint density at radius 1 is 1.24 bits per heavy atom. The zero-order valence-corrected chi connectivity index (χ0v) is 21.6. The van der Waals surface area contributed by atoms with Crippen LogP contribution in [0.3, 0.4) is 0 Å². The number of aromatic nitrogens is 4. The van der Waals surface area contributed by atoms with Crippen molar-refractivity contribution < 1.29 is 14.6 Å². The van der Waals surface area contributed by atoms with Gasteiger partial charge in [-0.25, -0.2) is 9.97 Å². The highest BCUT2D eigenvalue weighted by Crippen LogP contribution is 2.36. The lowest BCUT2D eigenvalue weighted by Gasteiger charge is -2.40. The summed E-state index contributed by atoms with van der Waals surface area (Å²) in [6.45, 7) is 5.97. The monoisotopic (exact) mass is 504 g/mol. The van der Waals surface area contributed by atoms with Crippen molar-refractivity contribution in [1.29, 1.82) is 0 Å². The maximum Gasteiger partial charge on any atom is 0.227 e. The van der Waals surface area contributed by atoms with Crippen LogP contribution >= 0.6 is 0 Å². The number of nitrogens with one attached hydrogen (secondary N) is 1. The van der Waals surface area contributed by atoms with E-state index in [1.165, 1.54) is 11.1 Å². The number of fused-ring (bicyclic) bond motifs is 1. The summed E-state index contributed by atoms with van der Waals surface area (Å²) in [5.41, 5.74) is 5.27. The number of ether oxygens (including phenoxy) is 1. The van der Waals surface area contributed by atoms with E-state index in [0.29, 0.717) is 32.0 Å². The maximum atomic E-state index is 13.0. The van der Waals surface area contributed by atoms with E-state index in [9.17, 15) is 4.79 Å². The quantitative estimate of drug-likeness (QED) is 0.426. The van der Waals surface area contributed by atoms with Crippen molar-refractivity contribution >= 4 is 17.5 Å². The van der Waals surface area contributed by atoms with Gasteiger partial charge in [-0.1, -0.05) is 18.6 Å². The van der Waals surface area contributed by atoms with Crippen molar-refractivity contribution in [3.63, 3.8) is 0 Å². The number of carbonyl (C=O) groups excluding carboxylic acids is 1. The second-order valence-electron chi connectivity index (χ2n) is 10.3. The molecule has 196 valence electrons. The topological polar surface area (TPSA) is 105 Å². The molecule has 1 saturated heterocycles. The molecule has 2 aliphatic rings. The van der Waals surface area contributed by atoms with Gasteiger partial charge >= 0.3 is 0 Å². The van der Waals surface area contributed by atoms with Gasteiger partial charge in [0, 0.05) is 37.5 Å². The number of hydrogen-bond acceptors (Lipinski definition) is 7. The minimum atomic E-state index is 0.0342. The molecule has 1 aliphatic heterocycles. The normalized spacial score (nSPS) is 17.8. The molecule has 0 saturated carbocycles. The minimum absolute atomic E-state index is 0.0342. The number of aryl methyl sites for hydroxylation is 1. The second kappa shape index (κ2) is 11.4. The smallest absolute Gasteiger partial charge is 0.227 e. The van der Waals surface area contributed by atoms with E-state index in [1.54, 1.807) is 17.1 Å². The number of rotatable bonds is 9. The summed E-state index contributed by atoms with van der Waals surface area (Å²) in [5, 5.41) is 16.5. The van der Waals surface area contributed by atoms with Crippen LogP contribution in [0.5, 0.6) is 0 Å². The van der Waals surface area contributed by atoms with Crippen molar-refractivity contribution in [2.75, 3.05) is 25.0 Å². The predicted molar refractivity (Wildman–Crippen MR) is 142 cm³/mol. The van der Waals surface area contributed by atoms with E-state index >= 15 is 0 Å². The number of aliphatic hydroxyl groups excluding tert-OH is 1. The van der Waals surface area contributed by atoms with E-state index in [0.717, 1.165) is 42.6 Å². The zero-order valence-electron chi connectivity index (χ0n) is 21.6. The third-order valence-electron chi connectivity index (χ3n) is 7.09. The molecule has 0 spiro atoms. The van der Waals surface area contributed by atoms with Crippen LogP contribution in [0.2, 0.25) is 0 Å². The van der Waals surface area contributed by atoms with Crippen LogP contribution in [0.15, 0.2) is 42.9 Å². The van der Waals surface area contributed by atoms with Gasteiger partial charge in [-0.15, -0.1) is 0 Å². The molecule has 1 aliphatic carbocycles. The van der Waals surface area contributed by atoms with E-state index in [4.69, 9.17) is 14.8 Å². The van der Waals surface area contributed by atoms with Crippen LogP contribution in [-0.2, 0) is 22.5 Å². The molecule has 3 heterocycles. The summed E-state index contributed by atoms with van der Waals surface area (Å²) in [7, 11) is 0. The third kappa shape index (κ3) is 6.17. The van der Waals surface area contributed by atoms with Crippen molar-refractivity contribution in [3.8, 4) is 11.3 Å². The number of amides is 1. The largest absolute Gasteiger partial charge is 0.394 e. The fourth-order valence-electron chi connectivity index (χ4n) is 5.27. The van der Waals surface area contributed by atoms with Crippen LogP contribution in [0.25, 0.3) is 11.3 Å². The summed E-state index contributed by atoms with van der Waals surface area (Å²) in [4.78, 5) is 24.0. The number of anilines is 2. The molecule has 9 nitrogen and oxygen atoms in total. The summed E-state index contributed by atoms with van der Waals surface area (Å²) in [5.74, 6) is 0.982. The molecule has 1 unspecified atom stereocenters. The summed E-state index contributed by atoms with van der Waals surface area (Å²) < 4.78 is 7.48. The first kappa shape index (κ1) is 25.4. The Morgan fingerprint density at radius 3 is 2.92 bits per heavy atom. The van der Waals surface area contributed by atoms with E-state index in [1.807, 2.05) is 31.0 Å². The summed E-state index contributed by atoms with van der Waals surface area (Å²) in [6, 6.07) is 8.46. The molecule has 1 amide bonds. The standard InChI is InChI=1S/C28H36N6O3/c1-19(2)37-24-17-33(18-24)27(36)14-21-6-4-3-5-20-13-22(7-8-25(20)21)26-9-10-29-28(32-26)31-23-15-30-34(16-23)11-12-35/h7-10,13,15-16,19,21,24,35H,3-6,11-12,14,17-18H2,1-2H3,(H,29,31,32). The van der Waals surface area contributed by atoms with Crippen LogP contribution in [0, 0.1) is 0 Å². The molecule has 0 bridgehead atoms. The molecule has 5 rings (SSSR count).